The summed E-state index contributed by atoms with van der Waals surface area (Å²) in [7, 11) is 0. The monoisotopic (exact) mass is 424 g/mol. The second kappa shape index (κ2) is 10.9. The Morgan fingerprint density at radius 1 is 1.03 bits per heavy atom. The first-order chi connectivity index (χ1) is 14.6. The van der Waals surface area contributed by atoms with E-state index in [4.69, 9.17) is 21.5 Å². The molecule has 0 saturated carbocycles. The van der Waals surface area contributed by atoms with Crippen molar-refractivity contribution in [2.45, 2.75) is 31.8 Å². The Kier molecular flexibility index (Phi) is 7.97. The zero-order valence-electron chi connectivity index (χ0n) is 16.8. The van der Waals surface area contributed by atoms with Crippen molar-refractivity contribution in [2.24, 2.45) is 0 Å². The minimum Gasteiger partial charge on any atom is -0.377 e. The van der Waals surface area contributed by atoms with Gasteiger partial charge in [-0.25, -0.2) is 5.48 Å². The smallest absolute Gasteiger partial charge is 0.245 e. The van der Waals surface area contributed by atoms with E-state index >= 15 is 0 Å². The number of halogens is 1. The molecule has 0 aliphatic carbocycles. The average Bonchev–Trinajstić information content (AvgIpc) is 2.79. The molecule has 5 nitrogen and oxygen atoms in total. The van der Waals surface area contributed by atoms with E-state index < -0.39 is 5.91 Å². The standard InChI is InChI=1S/C24H25ClN2O3/c1-2-30-23(16-24(28)27-29)22(15-17-3-9-21(25)10-4-17)20-7-5-18(6-8-20)19-11-13-26-14-12-19/h3-14,22-23,29H,2,15-16H2,1H3,(H,27,28)/t22?,23-/m1/s1. The summed E-state index contributed by atoms with van der Waals surface area (Å²) in [4.78, 5) is 16.0. The molecule has 0 spiro atoms. The molecule has 2 aromatic carbocycles. The fraction of sp³-hybridized carbons (Fsp3) is 0.250. The third kappa shape index (κ3) is 5.89. The van der Waals surface area contributed by atoms with Crippen LogP contribution < -0.4 is 5.48 Å². The number of hydrogen-bond acceptors (Lipinski definition) is 4. The van der Waals surface area contributed by atoms with Gasteiger partial charge in [0.05, 0.1) is 12.5 Å². The van der Waals surface area contributed by atoms with Gasteiger partial charge in [-0.2, -0.15) is 0 Å². The van der Waals surface area contributed by atoms with E-state index in [2.05, 4.69) is 29.2 Å². The van der Waals surface area contributed by atoms with Crippen LogP contribution in [0.1, 0.15) is 30.4 Å². The van der Waals surface area contributed by atoms with Crippen LogP contribution in [0.2, 0.25) is 5.02 Å². The number of hydrogen-bond donors (Lipinski definition) is 2. The Hall–Kier alpha value is -2.73. The van der Waals surface area contributed by atoms with Crippen LogP contribution in [0.15, 0.2) is 73.1 Å². The molecule has 2 N–H and O–H groups in total. The molecule has 1 amide bonds. The number of nitrogens with one attached hydrogen (secondary N) is 1. The summed E-state index contributed by atoms with van der Waals surface area (Å²) in [5.74, 6) is -0.544. The van der Waals surface area contributed by atoms with Crippen molar-refractivity contribution < 1.29 is 14.7 Å². The van der Waals surface area contributed by atoms with E-state index in [0.29, 0.717) is 18.1 Å². The van der Waals surface area contributed by atoms with Crippen LogP contribution >= 0.6 is 11.6 Å². The van der Waals surface area contributed by atoms with E-state index in [9.17, 15) is 4.79 Å². The van der Waals surface area contributed by atoms with Gasteiger partial charge in [-0.15, -0.1) is 0 Å². The number of hydroxylamine groups is 1. The number of ether oxygens (including phenoxy) is 1. The maximum atomic E-state index is 11.9. The van der Waals surface area contributed by atoms with Crippen molar-refractivity contribution in [3.63, 3.8) is 0 Å². The van der Waals surface area contributed by atoms with Crippen molar-refractivity contribution in [3.8, 4) is 11.1 Å². The summed E-state index contributed by atoms with van der Waals surface area (Å²) < 4.78 is 5.94. The van der Waals surface area contributed by atoms with E-state index in [1.807, 2.05) is 43.3 Å². The lowest BCUT2D eigenvalue weighted by atomic mass is 9.85. The van der Waals surface area contributed by atoms with Gasteiger partial charge < -0.3 is 4.74 Å². The van der Waals surface area contributed by atoms with Crippen LogP contribution in [0.4, 0.5) is 0 Å². The molecule has 1 heterocycles. The molecule has 0 fully saturated rings. The predicted octanol–water partition coefficient (Wildman–Crippen LogP) is 5.03. The van der Waals surface area contributed by atoms with E-state index in [1.165, 1.54) is 0 Å². The summed E-state index contributed by atoms with van der Waals surface area (Å²) in [5, 5.41) is 9.69. The zero-order chi connectivity index (χ0) is 21.3. The molecule has 0 saturated heterocycles. The van der Waals surface area contributed by atoms with E-state index in [1.54, 1.807) is 17.9 Å². The number of amides is 1. The largest absolute Gasteiger partial charge is 0.377 e. The predicted molar refractivity (Wildman–Crippen MR) is 118 cm³/mol. The number of carbonyl (C=O) groups is 1. The molecule has 156 valence electrons. The van der Waals surface area contributed by atoms with E-state index in [0.717, 1.165) is 22.3 Å². The van der Waals surface area contributed by atoms with Crippen LogP contribution in [-0.4, -0.2) is 28.8 Å². The molecule has 0 bridgehead atoms. The van der Waals surface area contributed by atoms with Crippen LogP contribution in [0, 0.1) is 0 Å². The summed E-state index contributed by atoms with van der Waals surface area (Å²) in [5.41, 5.74) is 6.06. The number of carbonyl (C=O) groups excluding carboxylic acids is 1. The highest BCUT2D eigenvalue weighted by Crippen LogP contribution is 2.31. The second-order valence-corrected chi connectivity index (χ2v) is 7.46. The van der Waals surface area contributed by atoms with Crippen molar-refractivity contribution in [1.29, 1.82) is 0 Å². The first-order valence-electron chi connectivity index (χ1n) is 9.90. The molecule has 6 heteroatoms. The third-order valence-corrected chi connectivity index (χ3v) is 5.31. The second-order valence-electron chi connectivity index (χ2n) is 7.03. The van der Waals surface area contributed by atoms with Gasteiger partial charge >= 0.3 is 0 Å². The first kappa shape index (κ1) is 22.0. The molecule has 1 unspecified atom stereocenters. The molecular weight excluding hydrogens is 400 g/mol. The van der Waals surface area contributed by atoms with Gasteiger partial charge in [0.2, 0.25) is 5.91 Å². The minimum absolute atomic E-state index is 0.0642. The lowest BCUT2D eigenvalue weighted by molar-refractivity contribution is -0.132. The molecule has 0 aliphatic rings. The SMILES string of the molecule is CCO[C@H](CC(=O)NO)C(Cc1ccc(Cl)cc1)c1ccc(-c2ccncc2)cc1. The molecular formula is C24H25ClN2O3. The Balaban J connectivity index is 1.92. The number of pyridine rings is 1. The number of benzene rings is 2. The van der Waals surface area contributed by atoms with Gasteiger partial charge in [-0.1, -0.05) is 48.0 Å². The van der Waals surface area contributed by atoms with Crippen LogP contribution in [0.25, 0.3) is 11.1 Å². The Morgan fingerprint density at radius 3 is 2.27 bits per heavy atom. The van der Waals surface area contributed by atoms with Crippen molar-refractivity contribution in [3.05, 3.63) is 89.2 Å². The van der Waals surface area contributed by atoms with Gasteiger partial charge in [0.1, 0.15) is 0 Å². The number of nitrogens with zero attached hydrogens (tertiary/aromatic N) is 1. The molecule has 0 radical (unpaired) electrons. The summed E-state index contributed by atoms with van der Waals surface area (Å²) >= 11 is 6.03. The topological polar surface area (TPSA) is 71.5 Å². The van der Waals surface area contributed by atoms with Gasteiger partial charge in [0.25, 0.3) is 0 Å². The van der Waals surface area contributed by atoms with Crippen molar-refractivity contribution in [2.75, 3.05) is 6.61 Å². The quantitative estimate of drug-likeness (QED) is 0.373. The normalized spacial score (nSPS) is 12.9. The van der Waals surface area contributed by atoms with Gasteiger partial charge in [-0.05, 0) is 59.9 Å². The van der Waals surface area contributed by atoms with E-state index in [-0.39, 0.29) is 18.4 Å². The van der Waals surface area contributed by atoms with Gasteiger partial charge in [-0.3, -0.25) is 15.0 Å². The Morgan fingerprint density at radius 2 is 1.67 bits per heavy atom. The maximum absolute atomic E-state index is 11.9. The highest BCUT2D eigenvalue weighted by molar-refractivity contribution is 6.30. The molecule has 30 heavy (non-hydrogen) atoms. The van der Waals surface area contributed by atoms with Crippen molar-refractivity contribution >= 4 is 17.5 Å². The fourth-order valence-electron chi connectivity index (χ4n) is 3.57. The Labute approximate surface area is 181 Å². The maximum Gasteiger partial charge on any atom is 0.245 e. The first-order valence-corrected chi connectivity index (χ1v) is 10.3. The third-order valence-electron chi connectivity index (χ3n) is 5.06. The summed E-state index contributed by atoms with van der Waals surface area (Å²) in [6.07, 6.45) is 3.89. The van der Waals surface area contributed by atoms with Crippen LogP contribution in [0.5, 0.6) is 0 Å². The summed E-state index contributed by atoms with van der Waals surface area (Å²) in [6.45, 7) is 2.37. The minimum atomic E-state index is -0.469. The van der Waals surface area contributed by atoms with Crippen molar-refractivity contribution in [1.82, 2.24) is 10.5 Å². The van der Waals surface area contributed by atoms with Gasteiger partial charge in [0.15, 0.2) is 0 Å². The zero-order valence-corrected chi connectivity index (χ0v) is 17.5. The number of rotatable bonds is 9. The highest BCUT2D eigenvalue weighted by atomic mass is 35.5. The molecule has 2 atom stereocenters. The van der Waals surface area contributed by atoms with Crippen LogP contribution in [-0.2, 0) is 16.0 Å². The fourth-order valence-corrected chi connectivity index (χ4v) is 3.69. The molecule has 3 rings (SSSR count). The average molecular weight is 425 g/mol. The summed E-state index contributed by atoms with van der Waals surface area (Å²) in [6, 6.07) is 19.9. The lowest BCUT2D eigenvalue weighted by Crippen LogP contribution is -2.31. The van der Waals surface area contributed by atoms with Gasteiger partial charge in [0, 0.05) is 29.9 Å². The number of aromatic nitrogens is 1. The molecule has 0 aliphatic heterocycles. The van der Waals surface area contributed by atoms with Crippen LogP contribution in [0.3, 0.4) is 0 Å². The molecule has 1 aromatic heterocycles. The lowest BCUT2D eigenvalue weighted by Gasteiger charge is -2.27. The highest BCUT2D eigenvalue weighted by Gasteiger charge is 2.26. The Bertz CT molecular complexity index is 931. The molecule has 3 aromatic rings.